The zero-order valence-electron chi connectivity index (χ0n) is 17.9. The second kappa shape index (κ2) is 10.4. The Kier molecular flexibility index (Phi) is 7.35. The van der Waals surface area contributed by atoms with Gasteiger partial charge in [0.15, 0.2) is 5.13 Å². The van der Waals surface area contributed by atoms with Gasteiger partial charge < -0.3 is 20.0 Å². The van der Waals surface area contributed by atoms with E-state index in [0.717, 1.165) is 18.2 Å². The third-order valence-electron chi connectivity index (χ3n) is 5.57. The van der Waals surface area contributed by atoms with Gasteiger partial charge >= 0.3 is 0 Å². The molecule has 8 nitrogen and oxygen atoms in total. The van der Waals surface area contributed by atoms with Gasteiger partial charge in [0.05, 0.1) is 5.02 Å². The molecule has 1 fully saturated rings. The normalized spacial score (nSPS) is 14.0. The van der Waals surface area contributed by atoms with Crippen molar-refractivity contribution in [2.75, 3.05) is 28.6 Å². The van der Waals surface area contributed by atoms with Gasteiger partial charge in [-0.25, -0.2) is 9.97 Å². The fraction of sp³-hybridized carbons (Fsp3) is 0.217. The maximum absolute atomic E-state index is 13.1. The molecule has 34 heavy (non-hydrogen) atoms. The lowest BCUT2D eigenvalue weighted by Crippen LogP contribution is -2.38. The third kappa shape index (κ3) is 5.01. The van der Waals surface area contributed by atoms with Crippen LogP contribution in [0.2, 0.25) is 5.02 Å². The molecular formula is C23H21Cl2N5O3S. The number of fused-ring (bicyclic) bond motifs is 1. The van der Waals surface area contributed by atoms with Gasteiger partial charge in [-0.1, -0.05) is 23.7 Å². The number of hydrogen-bond acceptors (Lipinski definition) is 7. The third-order valence-corrected chi connectivity index (χ3v) is 6.63. The molecule has 0 radical (unpaired) electrons. The molecule has 0 aliphatic carbocycles. The molecule has 2 amide bonds. The molecule has 1 saturated heterocycles. The quantitative estimate of drug-likeness (QED) is 0.364. The van der Waals surface area contributed by atoms with Crippen LogP contribution in [0.5, 0.6) is 0 Å². The highest BCUT2D eigenvalue weighted by atomic mass is 35.5. The van der Waals surface area contributed by atoms with Crippen molar-refractivity contribution in [1.82, 2.24) is 9.97 Å². The molecule has 0 atom stereocenters. The van der Waals surface area contributed by atoms with Gasteiger partial charge in [0.25, 0.3) is 5.91 Å². The van der Waals surface area contributed by atoms with Crippen LogP contribution in [-0.4, -0.2) is 34.9 Å². The number of pyridine rings is 1. The smallest absolute Gasteiger partial charge is 0.294 e. The van der Waals surface area contributed by atoms with Crippen LogP contribution in [0.3, 0.4) is 0 Å². The first-order valence-electron chi connectivity index (χ1n) is 10.5. The summed E-state index contributed by atoms with van der Waals surface area (Å²) in [5.41, 5.74) is 0.880. The Labute approximate surface area is 210 Å². The van der Waals surface area contributed by atoms with E-state index >= 15 is 0 Å². The fourth-order valence-corrected chi connectivity index (χ4v) is 4.69. The molecule has 0 spiro atoms. The highest BCUT2D eigenvalue weighted by molar-refractivity contribution is 7.13. The first-order valence-corrected chi connectivity index (χ1v) is 11.7. The number of hydrogen-bond donors (Lipinski definition) is 2. The number of nitrogens with zero attached hydrogens (tertiary/aromatic N) is 3. The molecule has 0 bridgehead atoms. The van der Waals surface area contributed by atoms with E-state index in [-0.39, 0.29) is 30.0 Å². The number of anilines is 3. The predicted octanol–water partition coefficient (Wildman–Crippen LogP) is 5.47. The summed E-state index contributed by atoms with van der Waals surface area (Å²) in [4.78, 5) is 36.7. The number of rotatable bonds is 5. The Bertz CT molecular complexity index is 1290. The number of amides is 2. The minimum Gasteiger partial charge on any atom is -0.449 e. The first-order chi connectivity index (χ1) is 16.1. The van der Waals surface area contributed by atoms with Crippen LogP contribution in [0.25, 0.3) is 11.0 Å². The Morgan fingerprint density at radius 2 is 1.88 bits per heavy atom. The molecule has 5 rings (SSSR count). The molecule has 1 aliphatic heterocycles. The molecular weight excluding hydrogens is 497 g/mol. The maximum Gasteiger partial charge on any atom is 0.294 e. The Morgan fingerprint density at radius 3 is 2.59 bits per heavy atom. The molecule has 3 aromatic heterocycles. The zero-order chi connectivity index (χ0) is 22.8. The Morgan fingerprint density at radius 1 is 1.09 bits per heavy atom. The number of furan rings is 1. The fourth-order valence-electron chi connectivity index (χ4n) is 3.88. The topological polar surface area (TPSA) is 100 Å². The van der Waals surface area contributed by atoms with Gasteiger partial charge in [-0.3, -0.25) is 9.59 Å². The van der Waals surface area contributed by atoms with Crippen LogP contribution in [0, 0.1) is 5.92 Å². The van der Waals surface area contributed by atoms with E-state index in [0.29, 0.717) is 40.3 Å². The van der Waals surface area contributed by atoms with E-state index in [1.165, 1.54) is 6.20 Å². The van der Waals surface area contributed by atoms with Gasteiger partial charge in [0.2, 0.25) is 11.7 Å². The minimum absolute atomic E-state index is 0. The van der Waals surface area contributed by atoms with Crippen molar-refractivity contribution in [1.29, 1.82) is 0 Å². The second-order valence-corrected chi connectivity index (χ2v) is 8.99. The number of carbonyl (C=O) groups excluding carboxylic acids is 2. The van der Waals surface area contributed by atoms with Gasteiger partial charge in [0.1, 0.15) is 17.1 Å². The average Bonchev–Trinajstić information content (AvgIpc) is 3.50. The monoisotopic (exact) mass is 517 g/mol. The van der Waals surface area contributed by atoms with Crippen molar-refractivity contribution >= 4 is 74.8 Å². The lowest BCUT2D eigenvalue weighted by Gasteiger charge is -2.31. The van der Waals surface area contributed by atoms with Crippen LogP contribution in [0.1, 0.15) is 23.4 Å². The molecule has 4 heterocycles. The predicted molar refractivity (Wildman–Crippen MR) is 136 cm³/mol. The van der Waals surface area contributed by atoms with E-state index in [9.17, 15) is 9.59 Å². The van der Waals surface area contributed by atoms with Gasteiger partial charge in [-0.15, -0.1) is 23.7 Å². The lowest BCUT2D eigenvalue weighted by atomic mass is 9.96. The van der Waals surface area contributed by atoms with Crippen molar-refractivity contribution in [3.05, 3.63) is 65.0 Å². The number of halogens is 2. The summed E-state index contributed by atoms with van der Waals surface area (Å²) >= 11 is 7.46. The minimum atomic E-state index is -0.505. The van der Waals surface area contributed by atoms with Gasteiger partial charge in [-0.05, 0) is 37.1 Å². The molecule has 176 valence electrons. The number of piperidine rings is 1. The summed E-state index contributed by atoms with van der Waals surface area (Å²) in [6.07, 6.45) is 4.64. The van der Waals surface area contributed by atoms with Crippen molar-refractivity contribution < 1.29 is 14.0 Å². The number of para-hydroxylation sites is 1. The van der Waals surface area contributed by atoms with Crippen LogP contribution >= 0.6 is 35.3 Å². The standard InChI is InChI=1S/C23H20ClN5O3S.ClH/c24-15-5-6-18(26-13-15)27-22(31)20-19(16-3-1-2-4-17(16)32-20)28-21(30)14-7-10-29(11-8-14)23-25-9-12-33-23;/h1-6,9,12-14H,7-8,10-11H2,(H,28,30)(H,26,27,31);1H. The van der Waals surface area contributed by atoms with Crippen LogP contribution in [-0.2, 0) is 4.79 Å². The molecule has 1 aromatic carbocycles. The maximum atomic E-state index is 13.1. The SMILES string of the molecule is Cl.O=C(Nc1ccc(Cl)cn1)c1oc2ccccc2c1NC(=O)C1CCN(c2nccs2)CC1. The summed E-state index contributed by atoms with van der Waals surface area (Å²) in [5.74, 6) is -0.434. The van der Waals surface area contributed by atoms with Crippen LogP contribution < -0.4 is 15.5 Å². The number of thiazole rings is 1. The molecule has 1 aliphatic rings. The summed E-state index contributed by atoms with van der Waals surface area (Å²) < 4.78 is 5.82. The zero-order valence-corrected chi connectivity index (χ0v) is 20.3. The molecule has 0 saturated carbocycles. The number of carbonyl (C=O) groups is 2. The second-order valence-electron chi connectivity index (χ2n) is 7.68. The van der Waals surface area contributed by atoms with Gasteiger partial charge in [0, 0.05) is 42.2 Å². The molecule has 0 unspecified atom stereocenters. The van der Waals surface area contributed by atoms with E-state index in [1.54, 1.807) is 35.7 Å². The van der Waals surface area contributed by atoms with Crippen molar-refractivity contribution in [2.24, 2.45) is 5.92 Å². The Hall–Kier alpha value is -3.14. The highest BCUT2D eigenvalue weighted by Gasteiger charge is 2.29. The van der Waals surface area contributed by atoms with E-state index < -0.39 is 5.91 Å². The summed E-state index contributed by atoms with van der Waals surface area (Å²) in [6.45, 7) is 1.51. The number of benzene rings is 1. The molecule has 2 N–H and O–H groups in total. The molecule has 11 heteroatoms. The highest BCUT2D eigenvalue weighted by Crippen LogP contribution is 2.33. The number of nitrogens with one attached hydrogen (secondary N) is 2. The largest absolute Gasteiger partial charge is 0.449 e. The summed E-state index contributed by atoms with van der Waals surface area (Å²) in [6, 6.07) is 10.4. The average molecular weight is 518 g/mol. The first kappa shape index (κ1) is 24.0. The van der Waals surface area contributed by atoms with Crippen molar-refractivity contribution in [2.45, 2.75) is 12.8 Å². The van der Waals surface area contributed by atoms with Crippen molar-refractivity contribution in [3.63, 3.8) is 0 Å². The Balaban J connectivity index is 0.00000274. The van der Waals surface area contributed by atoms with Crippen molar-refractivity contribution in [3.8, 4) is 0 Å². The lowest BCUT2D eigenvalue weighted by molar-refractivity contribution is -0.120. The summed E-state index contributed by atoms with van der Waals surface area (Å²) in [5, 5.41) is 9.71. The number of aromatic nitrogens is 2. The van der Waals surface area contributed by atoms with E-state index in [1.807, 2.05) is 23.6 Å². The van der Waals surface area contributed by atoms with Gasteiger partial charge in [-0.2, -0.15) is 0 Å². The van der Waals surface area contributed by atoms with Crippen LogP contribution in [0.4, 0.5) is 16.6 Å². The van der Waals surface area contributed by atoms with E-state index in [2.05, 4.69) is 25.5 Å². The van der Waals surface area contributed by atoms with Crippen LogP contribution in [0.15, 0.2) is 58.6 Å². The summed E-state index contributed by atoms with van der Waals surface area (Å²) in [7, 11) is 0. The molecule has 4 aromatic rings. The van der Waals surface area contributed by atoms with E-state index in [4.69, 9.17) is 16.0 Å².